The zero-order valence-electron chi connectivity index (χ0n) is 16.4. The summed E-state index contributed by atoms with van der Waals surface area (Å²) in [6.45, 7) is 1.29. The molecule has 0 unspecified atom stereocenters. The molecule has 148 valence electrons. The highest BCUT2D eigenvalue weighted by Gasteiger charge is 2.22. The van der Waals surface area contributed by atoms with Gasteiger partial charge in [-0.1, -0.05) is 18.2 Å². The standard InChI is InChI=1S/C23H22N2O4/c1-27-20-8-4-7-19(14-20)25-9-10-29-21-13-17(15-24-22(21)25)11-16-5-3-6-18(12-16)23(26)28-2/h3-8,12-15H,9-11H2,1-2H3. The Morgan fingerprint density at radius 2 is 1.97 bits per heavy atom. The van der Waals surface area contributed by atoms with Crippen molar-refractivity contribution in [2.24, 2.45) is 0 Å². The Morgan fingerprint density at radius 1 is 1.10 bits per heavy atom. The van der Waals surface area contributed by atoms with Gasteiger partial charge in [-0.2, -0.15) is 0 Å². The first-order valence-electron chi connectivity index (χ1n) is 9.38. The molecule has 1 aromatic heterocycles. The number of carbonyl (C=O) groups excluding carboxylic acids is 1. The number of carbonyl (C=O) groups is 1. The van der Waals surface area contributed by atoms with Crippen LogP contribution in [0.2, 0.25) is 0 Å². The first-order valence-corrected chi connectivity index (χ1v) is 9.38. The van der Waals surface area contributed by atoms with Crippen LogP contribution in [0.15, 0.2) is 60.8 Å². The van der Waals surface area contributed by atoms with E-state index in [9.17, 15) is 4.79 Å². The third-order valence-corrected chi connectivity index (χ3v) is 4.84. The largest absolute Gasteiger partial charge is 0.497 e. The minimum absolute atomic E-state index is 0.340. The molecule has 1 aliphatic rings. The maximum absolute atomic E-state index is 11.8. The number of rotatable bonds is 5. The van der Waals surface area contributed by atoms with Crippen molar-refractivity contribution >= 4 is 17.5 Å². The van der Waals surface area contributed by atoms with Crippen molar-refractivity contribution in [2.45, 2.75) is 6.42 Å². The van der Waals surface area contributed by atoms with Gasteiger partial charge in [0, 0.05) is 18.0 Å². The molecule has 2 aromatic carbocycles. The summed E-state index contributed by atoms with van der Waals surface area (Å²) in [6.07, 6.45) is 2.50. The summed E-state index contributed by atoms with van der Waals surface area (Å²) < 4.78 is 16.0. The van der Waals surface area contributed by atoms with Crippen molar-refractivity contribution in [3.05, 3.63) is 77.5 Å². The molecule has 6 heteroatoms. The Kier molecular flexibility index (Phi) is 5.33. The fourth-order valence-electron chi connectivity index (χ4n) is 3.43. The molecule has 0 bridgehead atoms. The van der Waals surface area contributed by atoms with Crippen LogP contribution in [0, 0.1) is 0 Å². The third kappa shape index (κ3) is 4.01. The lowest BCUT2D eigenvalue weighted by molar-refractivity contribution is 0.0600. The molecule has 4 rings (SSSR count). The average molecular weight is 390 g/mol. The second kappa shape index (κ2) is 8.22. The lowest BCUT2D eigenvalue weighted by Crippen LogP contribution is -2.29. The predicted octanol–water partition coefficient (Wildman–Crippen LogP) is 4.00. The average Bonchev–Trinajstić information content (AvgIpc) is 2.78. The highest BCUT2D eigenvalue weighted by molar-refractivity contribution is 5.89. The Morgan fingerprint density at radius 3 is 2.79 bits per heavy atom. The summed E-state index contributed by atoms with van der Waals surface area (Å²) in [5.74, 6) is 2.00. The first kappa shape index (κ1) is 18.8. The first-order chi connectivity index (χ1) is 14.2. The van der Waals surface area contributed by atoms with E-state index in [0.717, 1.165) is 34.1 Å². The molecule has 0 saturated heterocycles. The summed E-state index contributed by atoms with van der Waals surface area (Å²) in [7, 11) is 3.04. The second-order valence-corrected chi connectivity index (χ2v) is 6.74. The van der Waals surface area contributed by atoms with Crippen LogP contribution >= 0.6 is 0 Å². The quantitative estimate of drug-likeness (QED) is 0.614. The lowest BCUT2D eigenvalue weighted by atomic mass is 10.0. The molecular weight excluding hydrogens is 368 g/mol. The number of anilines is 2. The molecule has 0 radical (unpaired) electrons. The fourth-order valence-corrected chi connectivity index (χ4v) is 3.43. The lowest BCUT2D eigenvalue weighted by Gasteiger charge is -2.30. The van der Waals surface area contributed by atoms with Gasteiger partial charge in [0.25, 0.3) is 0 Å². The summed E-state index contributed by atoms with van der Waals surface area (Å²) in [4.78, 5) is 18.6. The van der Waals surface area contributed by atoms with Crippen molar-refractivity contribution in [3.8, 4) is 11.5 Å². The van der Waals surface area contributed by atoms with Crippen LogP contribution in [0.3, 0.4) is 0 Å². The van der Waals surface area contributed by atoms with Crippen LogP contribution in [0.1, 0.15) is 21.5 Å². The van der Waals surface area contributed by atoms with Gasteiger partial charge in [-0.15, -0.1) is 0 Å². The van der Waals surface area contributed by atoms with Gasteiger partial charge in [0.1, 0.15) is 12.4 Å². The summed E-state index contributed by atoms with van der Waals surface area (Å²) in [6, 6.07) is 17.3. The minimum Gasteiger partial charge on any atom is -0.497 e. The number of hydrogen-bond donors (Lipinski definition) is 0. The molecule has 0 spiro atoms. The van der Waals surface area contributed by atoms with Crippen molar-refractivity contribution in [1.82, 2.24) is 4.98 Å². The van der Waals surface area contributed by atoms with Gasteiger partial charge >= 0.3 is 5.97 Å². The maximum atomic E-state index is 11.8. The second-order valence-electron chi connectivity index (χ2n) is 6.74. The smallest absolute Gasteiger partial charge is 0.337 e. The molecule has 0 amide bonds. The fraction of sp³-hybridized carbons (Fsp3) is 0.217. The van der Waals surface area contributed by atoms with E-state index >= 15 is 0 Å². The Balaban J connectivity index is 1.59. The number of esters is 1. The summed E-state index contributed by atoms with van der Waals surface area (Å²) >= 11 is 0. The highest BCUT2D eigenvalue weighted by atomic mass is 16.5. The molecular formula is C23H22N2O4. The molecule has 0 saturated carbocycles. The van der Waals surface area contributed by atoms with Crippen LogP contribution in [-0.2, 0) is 11.2 Å². The van der Waals surface area contributed by atoms with Crippen LogP contribution in [0.5, 0.6) is 11.5 Å². The van der Waals surface area contributed by atoms with Gasteiger partial charge in [0.15, 0.2) is 11.6 Å². The minimum atomic E-state index is -0.340. The van der Waals surface area contributed by atoms with E-state index in [1.165, 1.54) is 7.11 Å². The molecule has 0 N–H and O–H groups in total. The van der Waals surface area contributed by atoms with E-state index in [0.29, 0.717) is 25.1 Å². The monoisotopic (exact) mass is 390 g/mol. The van der Waals surface area contributed by atoms with Gasteiger partial charge in [-0.3, -0.25) is 0 Å². The Bertz CT molecular complexity index is 1030. The van der Waals surface area contributed by atoms with Crippen LogP contribution in [0.25, 0.3) is 0 Å². The van der Waals surface area contributed by atoms with E-state index in [1.807, 2.05) is 54.7 Å². The molecule has 0 fully saturated rings. The molecule has 2 heterocycles. The van der Waals surface area contributed by atoms with Crippen molar-refractivity contribution in [3.63, 3.8) is 0 Å². The van der Waals surface area contributed by atoms with Gasteiger partial charge in [-0.25, -0.2) is 9.78 Å². The van der Waals surface area contributed by atoms with E-state index < -0.39 is 0 Å². The third-order valence-electron chi connectivity index (χ3n) is 4.84. The molecule has 3 aromatic rings. The van der Waals surface area contributed by atoms with Gasteiger partial charge in [0.2, 0.25) is 0 Å². The topological polar surface area (TPSA) is 60.9 Å². The van der Waals surface area contributed by atoms with Crippen LogP contribution < -0.4 is 14.4 Å². The van der Waals surface area contributed by atoms with Gasteiger partial charge in [0.05, 0.1) is 26.3 Å². The summed E-state index contributed by atoms with van der Waals surface area (Å²) in [5, 5.41) is 0. The van der Waals surface area contributed by atoms with E-state index in [1.54, 1.807) is 13.2 Å². The predicted molar refractivity (Wildman–Crippen MR) is 110 cm³/mol. The molecule has 1 aliphatic heterocycles. The number of benzene rings is 2. The van der Waals surface area contributed by atoms with Gasteiger partial charge in [-0.05, 0) is 47.9 Å². The number of hydrogen-bond acceptors (Lipinski definition) is 6. The van der Waals surface area contributed by atoms with Crippen LogP contribution in [-0.4, -0.2) is 38.3 Å². The van der Waals surface area contributed by atoms with Crippen molar-refractivity contribution in [2.75, 3.05) is 32.3 Å². The summed E-state index contributed by atoms with van der Waals surface area (Å²) in [5.41, 5.74) is 3.57. The number of ether oxygens (including phenoxy) is 3. The highest BCUT2D eigenvalue weighted by Crippen LogP contribution is 2.36. The van der Waals surface area contributed by atoms with E-state index in [-0.39, 0.29) is 5.97 Å². The zero-order valence-corrected chi connectivity index (χ0v) is 16.4. The number of aromatic nitrogens is 1. The number of pyridine rings is 1. The van der Waals surface area contributed by atoms with E-state index in [4.69, 9.17) is 14.2 Å². The Labute approximate surface area is 169 Å². The van der Waals surface area contributed by atoms with Crippen molar-refractivity contribution in [1.29, 1.82) is 0 Å². The maximum Gasteiger partial charge on any atom is 0.337 e. The number of methoxy groups -OCH3 is 2. The molecule has 29 heavy (non-hydrogen) atoms. The number of fused-ring (bicyclic) bond motifs is 1. The zero-order chi connectivity index (χ0) is 20.2. The van der Waals surface area contributed by atoms with Gasteiger partial charge < -0.3 is 19.1 Å². The van der Waals surface area contributed by atoms with E-state index in [2.05, 4.69) is 9.88 Å². The SMILES string of the molecule is COC(=O)c1cccc(Cc2cnc3c(c2)OCCN3c2cccc(OC)c2)c1. The Hall–Kier alpha value is -3.54. The normalized spacial score (nSPS) is 12.7. The number of nitrogens with zero attached hydrogens (tertiary/aromatic N) is 2. The van der Waals surface area contributed by atoms with Crippen molar-refractivity contribution < 1.29 is 19.0 Å². The molecule has 0 atom stereocenters. The molecule has 0 aliphatic carbocycles. The molecule has 6 nitrogen and oxygen atoms in total. The van der Waals surface area contributed by atoms with Crippen LogP contribution in [0.4, 0.5) is 11.5 Å².